The highest BCUT2D eigenvalue weighted by molar-refractivity contribution is 8.00. The number of nitrogens with one attached hydrogen (secondary N) is 1. The average molecular weight is 389 g/mol. The molecular weight excluding hydrogens is 377 g/mol. The molecule has 0 aliphatic heterocycles. The standard InChI is InChI=1S/C16H12FN5O2S2/c17-11-5-3-10(4-6-11)14-19-13(22-24-14)9-25-16-21-20-15(26-16)18-8-12-2-1-7-23-12/h1-7H,8-9H2,(H,18,20). The average Bonchev–Trinajstić information content (AvgIpc) is 3.40. The van der Waals surface area contributed by atoms with Gasteiger partial charge < -0.3 is 14.3 Å². The number of anilines is 1. The number of rotatable bonds is 7. The Morgan fingerprint density at radius 3 is 2.85 bits per heavy atom. The Bertz CT molecular complexity index is 969. The lowest BCUT2D eigenvalue weighted by Crippen LogP contribution is -1.96. The van der Waals surface area contributed by atoms with Crippen molar-refractivity contribution in [3.05, 3.63) is 60.1 Å². The number of halogens is 1. The zero-order valence-electron chi connectivity index (χ0n) is 13.3. The van der Waals surface area contributed by atoms with Crippen LogP contribution in [-0.4, -0.2) is 20.3 Å². The van der Waals surface area contributed by atoms with Gasteiger partial charge in [-0.1, -0.05) is 28.3 Å². The molecule has 3 aromatic heterocycles. The van der Waals surface area contributed by atoms with E-state index in [1.807, 2.05) is 12.1 Å². The van der Waals surface area contributed by atoms with Crippen LogP contribution in [0.4, 0.5) is 9.52 Å². The second-order valence-electron chi connectivity index (χ2n) is 5.12. The van der Waals surface area contributed by atoms with Crippen molar-refractivity contribution >= 4 is 28.2 Å². The molecular formula is C16H12FN5O2S2. The molecule has 0 fully saturated rings. The van der Waals surface area contributed by atoms with Gasteiger partial charge in [0.1, 0.15) is 11.6 Å². The Balaban J connectivity index is 1.32. The molecule has 7 nitrogen and oxygen atoms in total. The highest BCUT2D eigenvalue weighted by Gasteiger charge is 2.11. The van der Waals surface area contributed by atoms with E-state index >= 15 is 0 Å². The van der Waals surface area contributed by atoms with Gasteiger partial charge in [-0.25, -0.2) is 4.39 Å². The number of benzene rings is 1. The van der Waals surface area contributed by atoms with Gasteiger partial charge in [-0.3, -0.25) is 0 Å². The molecule has 1 N–H and O–H groups in total. The first-order valence-corrected chi connectivity index (χ1v) is 9.37. The van der Waals surface area contributed by atoms with E-state index in [1.165, 1.54) is 35.2 Å². The van der Waals surface area contributed by atoms with Crippen LogP contribution in [0.25, 0.3) is 11.5 Å². The second kappa shape index (κ2) is 7.67. The predicted octanol–water partition coefficient (Wildman–Crippen LogP) is 4.22. The van der Waals surface area contributed by atoms with Crippen molar-refractivity contribution in [1.82, 2.24) is 20.3 Å². The van der Waals surface area contributed by atoms with Crippen LogP contribution in [0.3, 0.4) is 0 Å². The van der Waals surface area contributed by atoms with Crippen LogP contribution >= 0.6 is 23.1 Å². The van der Waals surface area contributed by atoms with E-state index in [4.69, 9.17) is 8.94 Å². The number of hydrogen-bond acceptors (Lipinski definition) is 9. The van der Waals surface area contributed by atoms with Crippen LogP contribution in [0.5, 0.6) is 0 Å². The van der Waals surface area contributed by atoms with E-state index in [-0.39, 0.29) is 5.82 Å². The number of aromatic nitrogens is 4. The third-order valence-electron chi connectivity index (χ3n) is 3.28. The van der Waals surface area contributed by atoms with E-state index < -0.39 is 0 Å². The summed E-state index contributed by atoms with van der Waals surface area (Å²) in [6.45, 7) is 0.554. The molecule has 0 spiro atoms. The van der Waals surface area contributed by atoms with Crippen LogP contribution in [0.15, 0.2) is 55.9 Å². The van der Waals surface area contributed by atoms with Crippen molar-refractivity contribution in [3.8, 4) is 11.5 Å². The molecule has 0 aliphatic carbocycles. The summed E-state index contributed by atoms with van der Waals surface area (Å²) in [4.78, 5) is 4.31. The van der Waals surface area contributed by atoms with Crippen molar-refractivity contribution in [1.29, 1.82) is 0 Å². The summed E-state index contributed by atoms with van der Waals surface area (Å²) in [5, 5.41) is 16.0. The van der Waals surface area contributed by atoms with Gasteiger partial charge in [0.2, 0.25) is 5.13 Å². The SMILES string of the molecule is Fc1ccc(-c2nc(CSc3nnc(NCc4ccco4)s3)no2)cc1. The molecule has 0 saturated heterocycles. The number of nitrogens with zero attached hydrogens (tertiary/aromatic N) is 4. The van der Waals surface area contributed by atoms with Gasteiger partial charge >= 0.3 is 0 Å². The molecule has 0 saturated carbocycles. The number of furan rings is 1. The summed E-state index contributed by atoms with van der Waals surface area (Å²) in [6.07, 6.45) is 1.63. The van der Waals surface area contributed by atoms with Gasteiger partial charge in [0, 0.05) is 5.56 Å². The highest BCUT2D eigenvalue weighted by Crippen LogP contribution is 2.28. The highest BCUT2D eigenvalue weighted by atomic mass is 32.2. The lowest BCUT2D eigenvalue weighted by molar-refractivity contribution is 0.425. The molecule has 0 radical (unpaired) electrons. The Hall–Kier alpha value is -2.72. The molecule has 10 heteroatoms. The lowest BCUT2D eigenvalue weighted by atomic mass is 10.2. The van der Waals surface area contributed by atoms with Crippen LogP contribution in [0, 0.1) is 5.82 Å². The third-order valence-corrected chi connectivity index (χ3v) is 5.29. The maximum Gasteiger partial charge on any atom is 0.257 e. The maximum absolute atomic E-state index is 13.0. The maximum atomic E-state index is 13.0. The van der Waals surface area contributed by atoms with Gasteiger partial charge in [0.15, 0.2) is 10.2 Å². The minimum absolute atomic E-state index is 0.309. The lowest BCUT2D eigenvalue weighted by Gasteiger charge is -1.96. The smallest absolute Gasteiger partial charge is 0.257 e. The van der Waals surface area contributed by atoms with Crippen LogP contribution in [0.1, 0.15) is 11.6 Å². The first-order valence-electron chi connectivity index (χ1n) is 7.57. The molecule has 0 unspecified atom stereocenters. The minimum Gasteiger partial charge on any atom is -0.467 e. The zero-order chi connectivity index (χ0) is 17.8. The topological polar surface area (TPSA) is 89.9 Å². The van der Waals surface area contributed by atoms with E-state index in [2.05, 4.69) is 25.7 Å². The molecule has 4 aromatic rings. The van der Waals surface area contributed by atoms with Gasteiger partial charge in [-0.15, -0.1) is 10.2 Å². The summed E-state index contributed by atoms with van der Waals surface area (Å²) in [6, 6.07) is 9.63. The van der Waals surface area contributed by atoms with E-state index in [0.717, 1.165) is 10.1 Å². The first-order chi connectivity index (χ1) is 12.8. The molecule has 0 atom stereocenters. The molecule has 4 rings (SSSR count). The molecule has 0 aliphatic rings. The molecule has 26 heavy (non-hydrogen) atoms. The third kappa shape index (κ3) is 4.09. The first kappa shape index (κ1) is 16.7. The fourth-order valence-electron chi connectivity index (χ4n) is 2.06. The van der Waals surface area contributed by atoms with Crippen LogP contribution in [-0.2, 0) is 12.3 Å². The molecule has 3 heterocycles. The molecule has 0 bridgehead atoms. The minimum atomic E-state index is -0.309. The van der Waals surface area contributed by atoms with E-state index in [0.29, 0.717) is 34.7 Å². The van der Waals surface area contributed by atoms with Crippen molar-refractivity contribution in [2.75, 3.05) is 5.32 Å². The summed E-state index contributed by atoms with van der Waals surface area (Å²) in [5.41, 5.74) is 0.676. The Labute approximate surface area is 155 Å². The zero-order valence-corrected chi connectivity index (χ0v) is 14.9. The van der Waals surface area contributed by atoms with Crippen molar-refractivity contribution in [2.45, 2.75) is 16.6 Å². The van der Waals surface area contributed by atoms with Crippen molar-refractivity contribution in [3.63, 3.8) is 0 Å². The van der Waals surface area contributed by atoms with E-state index in [1.54, 1.807) is 18.4 Å². The van der Waals surface area contributed by atoms with Crippen molar-refractivity contribution in [2.24, 2.45) is 0 Å². The summed E-state index contributed by atoms with van der Waals surface area (Å²) in [7, 11) is 0. The van der Waals surface area contributed by atoms with Gasteiger partial charge in [-0.2, -0.15) is 4.98 Å². The summed E-state index contributed by atoms with van der Waals surface area (Å²) in [5.74, 6) is 1.91. The Morgan fingerprint density at radius 1 is 1.15 bits per heavy atom. The Kier molecular flexibility index (Phi) is 4.93. The molecule has 132 valence electrons. The summed E-state index contributed by atoms with van der Waals surface area (Å²) < 4.78 is 24.2. The fourth-order valence-corrected chi connectivity index (χ4v) is 3.65. The quantitative estimate of drug-likeness (QED) is 0.470. The molecule has 0 amide bonds. The van der Waals surface area contributed by atoms with Crippen LogP contribution < -0.4 is 5.32 Å². The van der Waals surface area contributed by atoms with E-state index in [9.17, 15) is 4.39 Å². The van der Waals surface area contributed by atoms with Gasteiger partial charge in [0.05, 0.1) is 18.6 Å². The fraction of sp³-hybridized carbons (Fsp3) is 0.125. The predicted molar refractivity (Wildman–Crippen MR) is 95.2 cm³/mol. The molecule has 1 aromatic carbocycles. The summed E-state index contributed by atoms with van der Waals surface area (Å²) >= 11 is 2.90. The normalized spacial score (nSPS) is 11.0. The Morgan fingerprint density at radius 2 is 2.04 bits per heavy atom. The van der Waals surface area contributed by atoms with Crippen LogP contribution in [0.2, 0.25) is 0 Å². The number of hydrogen-bond donors (Lipinski definition) is 1. The largest absolute Gasteiger partial charge is 0.467 e. The van der Waals surface area contributed by atoms with Gasteiger partial charge in [-0.05, 0) is 36.4 Å². The van der Waals surface area contributed by atoms with Crippen molar-refractivity contribution < 1.29 is 13.3 Å². The van der Waals surface area contributed by atoms with Gasteiger partial charge in [0.25, 0.3) is 5.89 Å². The second-order valence-corrected chi connectivity index (χ2v) is 7.32. The monoisotopic (exact) mass is 389 g/mol. The number of thioether (sulfide) groups is 1.